The van der Waals surface area contributed by atoms with Gasteiger partial charge in [0, 0.05) is 44.6 Å². The highest BCUT2D eigenvalue weighted by Crippen LogP contribution is 2.25. The van der Waals surface area contributed by atoms with Gasteiger partial charge in [-0.1, -0.05) is 20.8 Å². The van der Waals surface area contributed by atoms with E-state index in [1.165, 1.54) is 7.11 Å². The summed E-state index contributed by atoms with van der Waals surface area (Å²) in [4.78, 5) is 40.4. The summed E-state index contributed by atoms with van der Waals surface area (Å²) in [5, 5.41) is 0. The third-order valence-corrected chi connectivity index (χ3v) is 4.74. The van der Waals surface area contributed by atoms with Crippen LogP contribution >= 0.6 is 0 Å². The molecule has 0 spiro atoms. The second-order valence-electron chi connectivity index (χ2n) is 6.84. The van der Waals surface area contributed by atoms with Crippen LogP contribution in [0.3, 0.4) is 0 Å². The van der Waals surface area contributed by atoms with Gasteiger partial charge in [-0.25, -0.2) is 0 Å². The van der Waals surface area contributed by atoms with Gasteiger partial charge in [-0.2, -0.15) is 0 Å². The van der Waals surface area contributed by atoms with Crippen LogP contribution in [0, 0.1) is 17.8 Å². The fourth-order valence-electron chi connectivity index (χ4n) is 3.43. The lowest BCUT2D eigenvalue weighted by Crippen LogP contribution is -2.57. The number of piperazine rings is 1. The average molecular weight is 341 g/mol. The minimum atomic E-state index is -0.463. The van der Waals surface area contributed by atoms with E-state index in [1.54, 1.807) is 16.7 Å². The van der Waals surface area contributed by atoms with Gasteiger partial charge in [0.1, 0.15) is 0 Å². The zero-order valence-corrected chi connectivity index (χ0v) is 15.4. The molecule has 24 heavy (non-hydrogen) atoms. The zero-order valence-electron chi connectivity index (χ0n) is 15.4. The Morgan fingerprint density at radius 2 is 1.83 bits per heavy atom. The van der Waals surface area contributed by atoms with Gasteiger partial charge < -0.3 is 20.3 Å². The lowest BCUT2D eigenvalue weighted by Gasteiger charge is -2.41. The molecule has 0 saturated carbocycles. The number of nitrogens with two attached hydrogens (primary N) is 1. The second-order valence-corrected chi connectivity index (χ2v) is 6.84. The molecule has 7 nitrogen and oxygen atoms in total. The van der Waals surface area contributed by atoms with E-state index < -0.39 is 11.8 Å². The van der Waals surface area contributed by atoms with E-state index in [0.717, 1.165) is 0 Å². The Balaban J connectivity index is 2.75. The maximum Gasteiger partial charge on any atom is 0.309 e. The van der Waals surface area contributed by atoms with Crippen LogP contribution in [-0.4, -0.2) is 66.9 Å². The molecule has 0 bridgehead atoms. The minimum absolute atomic E-state index is 0.0150. The first kappa shape index (κ1) is 20.4. The molecule has 7 heteroatoms. The Morgan fingerprint density at radius 1 is 1.21 bits per heavy atom. The molecule has 1 rings (SSSR count). The number of methoxy groups -OCH3 is 1. The highest BCUT2D eigenvalue weighted by atomic mass is 16.5. The van der Waals surface area contributed by atoms with Crippen LogP contribution in [0.15, 0.2) is 0 Å². The maximum absolute atomic E-state index is 12.8. The summed E-state index contributed by atoms with van der Waals surface area (Å²) in [6.07, 6.45) is 0.326. The molecule has 3 atom stereocenters. The lowest BCUT2D eigenvalue weighted by molar-refractivity contribution is -0.156. The van der Waals surface area contributed by atoms with E-state index in [0.29, 0.717) is 32.6 Å². The van der Waals surface area contributed by atoms with Crippen molar-refractivity contribution >= 4 is 17.8 Å². The Morgan fingerprint density at radius 3 is 2.29 bits per heavy atom. The van der Waals surface area contributed by atoms with Gasteiger partial charge in [0.15, 0.2) is 0 Å². The normalized spacial score (nSPS) is 20.7. The summed E-state index contributed by atoms with van der Waals surface area (Å²) in [6, 6.07) is -0.0513. The largest absolute Gasteiger partial charge is 0.469 e. The third kappa shape index (κ3) is 4.69. The van der Waals surface area contributed by atoms with Gasteiger partial charge in [-0.15, -0.1) is 0 Å². The van der Waals surface area contributed by atoms with Crippen LogP contribution in [0.5, 0.6) is 0 Å². The number of rotatable bonds is 6. The van der Waals surface area contributed by atoms with E-state index in [9.17, 15) is 14.4 Å². The molecular formula is C17H31N3O4. The van der Waals surface area contributed by atoms with Crippen LogP contribution in [0.2, 0.25) is 0 Å². The number of nitrogens with zero attached hydrogens (tertiary/aromatic N) is 2. The summed E-state index contributed by atoms with van der Waals surface area (Å²) in [6.45, 7) is 9.33. The smallest absolute Gasteiger partial charge is 0.309 e. The monoisotopic (exact) mass is 341 g/mol. The van der Waals surface area contributed by atoms with Crippen molar-refractivity contribution in [2.24, 2.45) is 23.5 Å². The topological polar surface area (TPSA) is 92.9 Å². The zero-order chi connectivity index (χ0) is 18.4. The predicted molar refractivity (Wildman–Crippen MR) is 90.9 cm³/mol. The Bertz CT molecular complexity index is 467. The van der Waals surface area contributed by atoms with E-state index >= 15 is 0 Å². The first-order valence-corrected chi connectivity index (χ1v) is 8.60. The predicted octanol–water partition coefficient (Wildman–Crippen LogP) is 0.476. The van der Waals surface area contributed by atoms with Crippen molar-refractivity contribution in [2.45, 2.75) is 40.2 Å². The van der Waals surface area contributed by atoms with Crippen molar-refractivity contribution in [1.29, 1.82) is 0 Å². The second kappa shape index (κ2) is 9.01. The van der Waals surface area contributed by atoms with Crippen molar-refractivity contribution in [3.8, 4) is 0 Å². The van der Waals surface area contributed by atoms with Crippen molar-refractivity contribution in [2.75, 3.05) is 33.3 Å². The van der Waals surface area contributed by atoms with Gasteiger partial charge in [-0.05, 0) is 12.8 Å². The van der Waals surface area contributed by atoms with Crippen LogP contribution in [0.25, 0.3) is 0 Å². The summed E-state index contributed by atoms with van der Waals surface area (Å²) in [5.74, 6) is -1.28. The maximum atomic E-state index is 12.8. The summed E-state index contributed by atoms with van der Waals surface area (Å²) < 4.78 is 4.85. The fourth-order valence-corrected chi connectivity index (χ4v) is 3.43. The molecule has 0 radical (unpaired) electrons. The van der Waals surface area contributed by atoms with Crippen molar-refractivity contribution in [3.05, 3.63) is 0 Å². The Kier molecular flexibility index (Phi) is 7.66. The van der Waals surface area contributed by atoms with Gasteiger partial charge >= 0.3 is 5.97 Å². The van der Waals surface area contributed by atoms with E-state index in [1.807, 2.05) is 20.8 Å². The van der Waals surface area contributed by atoms with Crippen molar-refractivity contribution in [1.82, 2.24) is 9.80 Å². The molecule has 2 amide bonds. The van der Waals surface area contributed by atoms with Crippen molar-refractivity contribution in [3.63, 3.8) is 0 Å². The lowest BCUT2D eigenvalue weighted by atomic mass is 9.83. The number of esters is 1. The molecular weight excluding hydrogens is 310 g/mol. The van der Waals surface area contributed by atoms with Crippen molar-refractivity contribution < 1.29 is 19.1 Å². The molecule has 1 fully saturated rings. The summed E-state index contributed by atoms with van der Waals surface area (Å²) >= 11 is 0. The van der Waals surface area contributed by atoms with Gasteiger partial charge in [0.05, 0.1) is 13.0 Å². The van der Waals surface area contributed by atoms with E-state index in [4.69, 9.17) is 10.5 Å². The molecule has 0 aromatic heterocycles. The summed E-state index contributed by atoms with van der Waals surface area (Å²) in [7, 11) is 1.35. The highest BCUT2D eigenvalue weighted by molar-refractivity contribution is 5.85. The number of hydrogen-bond acceptors (Lipinski definition) is 5. The molecule has 1 heterocycles. The minimum Gasteiger partial charge on any atom is -0.469 e. The first-order chi connectivity index (χ1) is 11.2. The molecule has 3 unspecified atom stereocenters. The molecule has 1 saturated heterocycles. The molecule has 1 aliphatic rings. The molecule has 138 valence electrons. The van der Waals surface area contributed by atoms with Gasteiger partial charge in [0.25, 0.3) is 0 Å². The third-order valence-electron chi connectivity index (χ3n) is 4.74. The quantitative estimate of drug-likeness (QED) is 0.709. The first-order valence-electron chi connectivity index (χ1n) is 8.60. The standard InChI is InChI=1S/C17H31N3O4/c1-11(2)15(17(23)24-5)13(4)16(22)19-8-9-20(12(3)10-19)14(21)6-7-18/h11-13,15H,6-10,18H2,1-5H3. The Labute approximate surface area is 144 Å². The number of ether oxygens (including phenoxy) is 1. The molecule has 0 aliphatic carbocycles. The fraction of sp³-hybridized carbons (Fsp3) is 0.824. The number of amides is 2. The SMILES string of the molecule is COC(=O)C(C(C)C)C(C)C(=O)N1CCN(C(=O)CCN)C(C)C1. The van der Waals surface area contributed by atoms with E-state index in [-0.39, 0.29) is 29.7 Å². The Hall–Kier alpha value is -1.63. The molecule has 0 aromatic carbocycles. The molecule has 2 N–H and O–H groups in total. The van der Waals surface area contributed by atoms with Gasteiger partial charge in [0.2, 0.25) is 11.8 Å². The number of carbonyl (C=O) groups is 3. The summed E-state index contributed by atoms with van der Waals surface area (Å²) in [5.41, 5.74) is 5.44. The number of hydrogen-bond donors (Lipinski definition) is 1. The van der Waals surface area contributed by atoms with Crippen LogP contribution < -0.4 is 5.73 Å². The van der Waals surface area contributed by atoms with E-state index in [2.05, 4.69) is 0 Å². The van der Waals surface area contributed by atoms with Crippen LogP contribution in [0.1, 0.15) is 34.1 Å². The van der Waals surface area contributed by atoms with Crippen LogP contribution in [-0.2, 0) is 19.1 Å². The molecule has 1 aliphatic heterocycles. The highest BCUT2D eigenvalue weighted by Gasteiger charge is 2.38. The number of carbonyl (C=O) groups excluding carboxylic acids is 3. The molecule has 0 aromatic rings. The van der Waals surface area contributed by atoms with Crippen LogP contribution in [0.4, 0.5) is 0 Å². The average Bonchev–Trinajstić information content (AvgIpc) is 2.53. The van der Waals surface area contributed by atoms with Gasteiger partial charge in [-0.3, -0.25) is 14.4 Å².